The molecule has 4 nitrogen and oxygen atoms in total. The Morgan fingerprint density at radius 3 is 2.84 bits per heavy atom. The van der Waals surface area contributed by atoms with E-state index in [0.29, 0.717) is 22.0 Å². The molecule has 2 N–H and O–H groups in total. The third kappa shape index (κ3) is 2.78. The third-order valence-electron chi connectivity index (χ3n) is 3.61. The van der Waals surface area contributed by atoms with Crippen molar-refractivity contribution < 1.29 is 9.53 Å². The molecule has 1 heterocycles. The number of hydrogen-bond acceptors (Lipinski definition) is 3. The highest BCUT2D eigenvalue weighted by Gasteiger charge is 2.26. The van der Waals surface area contributed by atoms with E-state index in [1.165, 1.54) is 13.5 Å². The number of anilines is 1. The Morgan fingerprint density at radius 1 is 1.47 bits per heavy atom. The second-order valence-electron chi connectivity index (χ2n) is 4.92. The molecule has 0 saturated carbocycles. The zero-order valence-electron chi connectivity index (χ0n) is 11.3. The summed E-state index contributed by atoms with van der Waals surface area (Å²) >= 11 is 6.01. The molecule has 1 fully saturated rings. The van der Waals surface area contributed by atoms with E-state index in [4.69, 9.17) is 22.1 Å². The lowest BCUT2D eigenvalue weighted by molar-refractivity contribution is 0.0632. The third-order valence-corrected chi connectivity index (χ3v) is 3.94. The number of nitrogens with zero attached hydrogens (tertiary/aromatic N) is 1. The summed E-state index contributed by atoms with van der Waals surface area (Å²) in [6, 6.07) is 3.45. The molecule has 1 saturated heterocycles. The van der Waals surface area contributed by atoms with Gasteiger partial charge < -0.3 is 15.4 Å². The lowest BCUT2D eigenvalue weighted by Crippen LogP contribution is -2.42. The van der Waals surface area contributed by atoms with Gasteiger partial charge in [0.1, 0.15) is 5.75 Å². The van der Waals surface area contributed by atoms with Crippen molar-refractivity contribution in [1.29, 1.82) is 0 Å². The lowest BCUT2D eigenvalue weighted by Gasteiger charge is -2.33. The number of piperidine rings is 1. The average Bonchev–Trinajstić information content (AvgIpc) is 2.41. The highest BCUT2D eigenvalue weighted by Crippen LogP contribution is 2.31. The molecule has 1 aliphatic rings. The fourth-order valence-electron chi connectivity index (χ4n) is 2.46. The van der Waals surface area contributed by atoms with Crippen molar-refractivity contribution in [3.8, 4) is 5.75 Å². The lowest BCUT2D eigenvalue weighted by atomic mass is 10.0. The number of carbonyl (C=O) groups excluding carboxylic acids is 1. The molecule has 1 amide bonds. The zero-order valence-corrected chi connectivity index (χ0v) is 12.0. The quantitative estimate of drug-likeness (QED) is 0.849. The molecular formula is C14H19ClN2O2. The van der Waals surface area contributed by atoms with E-state index in [0.717, 1.165) is 19.4 Å². The van der Waals surface area contributed by atoms with Gasteiger partial charge in [0, 0.05) is 18.7 Å². The van der Waals surface area contributed by atoms with Gasteiger partial charge in [-0.3, -0.25) is 4.79 Å². The van der Waals surface area contributed by atoms with Gasteiger partial charge in [0.15, 0.2) is 0 Å². The van der Waals surface area contributed by atoms with E-state index in [1.54, 1.807) is 12.1 Å². The van der Waals surface area contributed by atoms with Gasteiger partial charge in [-0.2, -0.15) is 0 Å². The average molecular weight is 283 g/mol. The Hall–Kier alpha value is -1.42. The number of nitrogens with two attached hydrogens (primary N) is 1. The summed E-state index contributed by atoms with van der Waals surface area (Å²) in [5.41, 5.74) is 6.63. The highest BCUT2D eigenvalue weighted by molar-refractivity contribution is 6.33. The van der Waals surface area contributed by atoms with Gasteiger partial charge >= 0.3 is 0 Å². The number of methoxy groups -OCH3 is 1. The number of halogens is 1. The number of ether oxygens (including phenoxy) is 1. The Morgan fingerprint density at radius 2 is 2.21 bits per heavy atom. The molecule has 5 heteroatoms. The Kier molecular flexibility index (Phi) is 4.20. The predicted octanol–water partition coefficient (Wildman–Crippen LogP) is 2.95. The summed E-state index contributed by atoms with van der Waals surface area (Å²) < 4.78 is 5.24. The van der Waals surface area contributed by atoms with Crippen molar-refractivity contribution in [2.24, 2.45) is 0 Å². The number of hydrogen-bond donors (Lipinski definition) is 1. The van der Waals surface area contributed by atoms with Crippen LogP contribution in [0.4, 0.5) is 5.69 Å². The molecular weight excluding hydrogens is 264 g/mol. The maximum atomic E-state index is 12.6. The fraction of sp³-hybridized carbons (Fsp3) is 0.500. The molecule has 1 unspecified atom stereocenters. The van der Waals surface area contributed by atoms with Crippen molar-refractivity contribution in [2.75, 3.05) is 19.4 Å². The van der Waals surface area contributed by atoms with E-state index in [2.05, 4.69) is 6.92 Å². The van der Waals surface area contributed by atoms with Crippen LogP contribution in [0.25, 0.3) is 0 Å². The van der Waals surface area contributed by atoms with Crippen LogP contribution in [0.2, 0.25) is 5.02 Å². The van der Waals surface area contributed by atoms with Crippen LogP contribution in [0.5, 0.6) is 5.75 Å². The molecule has 2 rings (SSSR count). The van der Waals surface area contributed by atoms with Gasteiger partial charge in [-0.05, 0) is 32.3 Å². The standard InChI is InChI=1S/C14H19ClN2O2/c1-9-5-3-4-6-17(9)14(18)10-7-11(15)12(16)8-13(10)19-2/h7-9H,3-6,16H2,1-2H3. The number of benzene rings is 1. The second kappa shape index (κ2) is 5.70. The molecule has 0 radical (unpaired) electrons. The van der Waals surface area contributed by atoms with E-state index in [9.17, 15) is 4.79 Å². The molecule has 104 valence electrons. The topological polar surface area (TPSA) is 55.6 Å². The van der Waals surface area contributed by atoms with Gasteiger partial charge in [0.05, 0.1) is 23.4 Å². The van der Waals surface area contributed by atoms with Crippen LogP contribution in [-0.2, 0) is 0 Å². The van der Waals surface area contributed by atoms with Gasteiger partial charge in [0.2, 0.25) is 0 Å². The first-order valence-corrected chi connectivity index (χ1v) is 6.86. The first-order valence-electron chi connectivity index (χ1n) is 6.48. The van der Waals surface area contributed by atoms with Crippen LogP contribution in [0.1, 0.15) is 36.5 Å². The van der Waals surface area contributed by atoms with Crippen molar-refractivity contribution in [3.63, 3.8) is 0 Å². The number of amides is 1. The summed E-state index contributed by atoms with van der Waals surface area (Å²) in [4.78, 5) is 14.5. The zero-order chi connectivity index (χ0) is 14.0. The SMILES string of the molecule is COc1cc(N)c(Cl)cc1C(=O)N1CCCCC1C. The van der Waals surface area contributed by atoms with Crippen molar-refractivity contribution in [3.05, 3.63) is 22.7 Å². The summed E-state index contributed by atoms with van der Waals surface area (Å²) in [5, 5.41) is 0.383. The first-order chi connectivity index (χ1) is 9.04. The van der Waals surface area contributed by atoms with E-state index < -0.39 is 0 Å². The van der Waals surface area contributed by atoms with Crippen LogP contribution in [0.3, 0.4) is 0 Å². The largest absolute Gasteiger partial charge is 0.496 e. The number of rotatable bonds is 2. The number of carbonyl (C=O) groups is 1. The fourth-order valence-corrected chi connectivity index (χ4v) is 2.62. The highest BCUT2D eigenvalue weighted by atomic mass is 35.5. The van der Waals surface area contributed by atoms with Crippen LogP contribution >= 0.6 is 11.6 Å². The molecule has 0 bridgehead atoms. The van der Waals surface area contributed by atoms with E-state index >= 15 is 0 Å². The normalized spacial score (nSPS) is 19.3. The van der Waals surface area contributed by atoms with Gasteiger partial charge in [-0.25, -0.2) is 0 Å². The van der Waals surface area contributed by atoms with Crippen LogP contribution in [-0.4, -0.2) is 30.5 Å². The van der Waals surface area contributed by atoms with Crippen molar-refractivity contribution >= 4 is 23.2 Å². The van der Waals surface area contributed by atoms with Gasteiger partial charge in [0.25, 0.3) is 5.91 Å². The Balaban J connectivity index is 2.34. The summed E-state index contributed by atoms with van der Waals surface area (Å²) in [6.45, 7) is 2.85. The van der Waals surface area contributed by atoms with Crippen LogP contribution in [0, 0.1) is 0 Å². The Labute approximate surface area is 118 Å². The smallest absolute Gasteiger partial charge is 0.257 e. The van der Waals surface area contributed by atoms with E-state index in [-0.39, 0.29) is 11.9 Å². The van der Waals surface area contributed by atoms with Crippen LogP contribution < -0.4 is 10.5 Å². The first kappa shape index (κ1) is 14.0. The second-order valence-corrected chi connectivity index (χ2v) is 5.32. The minimum absolute atomic E-state index is 0.0362. The minimum atomic E-state index is -0.0362. The number of likely N-dealkylation sites (tertiary alicyclic amines) is 1. The van der Waals surface area contributed by atoms with E-state index in [1.807, 2.05) is 4.90 Å². The summed E-state index contributed by atoms with van der Waals surface area (Å²) in [7, 11) is 1.53. The molecule has 1 aromatic rings. The molecule has 19 heavy (non-hydrogen) atoms. The maximum absolute atomic E-state index is 12.6. The minimum Gasteiger partial charge on any atom is -0.496 e. The predicted molar refractivity (Wildman–Crippen MR) is 76.8 cm³/mol. The van der Waals surface area contributed by atoms with Gasteiger partial charge in [-0.1, -0.05) is 11.6 Å². The molecule has 0 spiro atoms. The van der Waals surface area contributed by atoms with Crippen molar-refractivity contribution in [2.45, 2.75) is 32.2 Å². The van der Waals surface area contributed by atoms with Crippen molar-refractivity contribution in [1.82, 2.24) is 4.90 Å². The summed E-state index contributed by atoms with van der Waals surface area (Å²) in [5.74, 6) is 0.440. The monoisotopic (exact) mass is 282 g/mol. The molecule has 0 aliphatic carbocycles. The summed E-state index contributed by atoms with van der Waals surface area (Å²) in [6.07, 6.45) is 3.25. The number of nitrogen functional groups attached to an aromatic ring is 1. The molecule has 1 aromatic carbocycles. The molecule has 0 aromatic heterocycles. The molecule has 1 aliphatic heterocycles. The van der Waals surface area contributed by atoms with Crippen LogP contribution in [0.15, 0.2) is 12.1 Å². The Bertz CT molecular complexity index is 491. The maximum Gasteiger partial charge on any atom is 0.257 e. The molecule has 1 atom stereocenters. The van der Waals surface area contributed by atoms with Gasteiger partial charge in [-0.15, -0.1) is 0 Å².